The van der Waals surface area contributed by atoms with Gasteiger partial charge in [-0.1, -0.05) is 29.8 Å². The summed E-state index contributed by atoms with van der Waals surface area (Å²) >= 11 is 6.06. The Kier molecular flexibility index (Phi) is 4.79. The lowest BCUT2D eigenvalue weighted by Gasteiger charge is -2.25. The summed E-state index contributed by atoms with van der Waals surface area (Å²) in [7, 11) is 0. The van der Waals surface area contributed by atoms with Gasteiger partial charge in [-0.25, -0.2) is 4.79 Å². The number of amides is 1. The van der Waals surface area contributed by atoms with E-state index >= 15 is 0 Å². The molecule has 1 aliphatic carbocycles. The number of hydrogen-bond donors (Lipinski definition) is 2. The van der Waals surface area contributed by atoms with Gasteiger partial charge in [0.1, 0.15) is 12.4 Å². The van der Waals surface area contributed by atoms with Gasteiger partial charge in [0.25, 0.3) is 0 Å². The van der Waals surface area contributed by atoms with Crippen LogP contribution in [0.15, 0.2) is 47.5 Å². The molecule has 27 heavy (non-hydrogen) atoms. The first kappa shape index (κ1) is 17.9. The van der Waals surface area contributed by atoms with E-state index in [4.69, 9.17) is 26.4 Å². The van der Waals surface area contributed by atoms with Gasteiger partial charge in [-0.2, -0.15) is 0 Å². The highest BCUT2D eigenvalue weighted by Crippen LogP contribution is 2.52. The molecule has 2 aromatic carbocycles. The van der Waals surface area contributed by atoms with Crippen molar-refractivity contribution in [3.63, 3.8) is 0 Å². The molecule has 0 saturated heterocycles. The first-order valence-corrected chi connectivity index (χ1v) is 9.50. The number of benzene rings is 2. The molecule has 1 amide bonds. The first-order chi connectivity index (χ1) is 13.1. The third-order valence-electron chi connectivity index (χ3n) is 5.23. The van der Waals surface area contributed by atoms with E-state index in [2.05, 4.69) is 23.5 Å². The summed E-state index contributed by atoms with van der Waals surface area (Å²) in [6, 6.07) is 14.2. The second kappa shape index (κ2) is 7.24. The Balaban J connectivity index is 1.58. The number of nitrogens with one attached hydrogen (secondary N) is 1. The molecule has 0 unspecified atom stereocenters. The van der Waals surface area contributed by atoms with Crippen LogP contribution in [-0.4, -0.2) is 36.6 Å². The molecular weight excluding hydrogens is 364 g/mol. The van der Waals surface area contributed by atoms with Crippen molar-refractivity contribution < 1.29 is 14.6 Å². The number of hydrogen-bond acceptors (Lipinski definition) is 3. The van der Waals surface area contributed by atoms with Gasteiger partial charge in [-0.05, 0) is 54.7 Å². The molecular formula is C21H21ClN2O3. The summed E-state index contributed by atoms with van der Waals surface area (Å²) in [5.74, 6) is 0.738. The van der Waals surface area contributed by atoms with Gasteiger partial charge in [-0.3, -0.25) is 4.99 Å². The number of nitrogens with zero attached hydrogens (tertiary/aromatic N) is 1. The Morgan fingerprint density at radius 3 is 2.70 bits per heavy atom. The van der Waals surface area contributed by atoms with Crippen LogP contribution in [0.25, 0.3) is 0 Å². The van der Waals surface area contributed by atoms with Crippen molar-refractivity contribution in [2.24, 2.45) is 4.99 Å². The monoisotopic (exact) mass is 384 g/mol. The molecule has 4 rings (SSSR count). The summed E-state index contributed by atoms with van der Waals surface area (Å²) in [4.78, 5) is 15.4. The second-order valence-electron chi connectivity index (χ2n) is 6.97. The molecule has 1 fully saturated rings. The van der Waals surface area contributed by atoms with E-state index in [1.807, 2.05) is 24.3 Å². The molecule has 6 heteroatoms. The normalized spacial score (nSPS) is 16.9. The lowest BCUT2D eigenvalue weighted by Crippen LogP contribution is -2.27. The average Bonchev–Trinajstić information content (AvgIpc) is 3.47. The minimum Gasteiger partial charge on any atom is -0.492 e. The SMILES string of the molecule is O=C(O)NCCOc1ccc2c(c1)C(C1(c3ccc(Cl)cc3)CC1)=NCC2. The number of aliphatic imine (C=N–C) groups is 1. The van der Waals surface area contributed by atoms with Crippen LogP contribution < -0.4 is 10.1 Å². The van der Waals surface area contributed by atoms with E-state index in [9.17, 15) is 4.79 Å². The minimum atomic E-state index is -1.04. The van der Waals surface area contributed by atoms with E-state index in [-0.39, 0.29) is 12.0 Å². The maximum Gasteiger partial charge on any atom is 0.404 e. The largest absolute Gasteiger partial charge is 0.492 e. The lowest BCUT2D eigenvalue weighted by molar-refractivity contribution is 0.191. The van der Waals surface area contributed by atoms with Crippen molar-refractivity contribution in [1.29, 1.82) is 0 Å². The van der Waals surface area contributed by atoms with Crippen molar-refractivity contribution in [2.75, 3.05) is 19.7 Å². The zero-order valence-corrected chi connectivity index (χ0v) is 15.6. The Labute approximate surface area is 163 Å². The fraction of sp³-hybridized carbons (Fsp3) is 0.333. The molecule has 0 atom stereocenters. The van der Waals surface area contributed by atoms with Crippen molar-refractivity contribution in [1.82, 2.24) is 5.32 Å². The maximum absolute atomic E-state index is 10.5. The number of carbonyl (C=O) groups is 1. The Morgan fingerprint density at radius 1 is 1.22 bits per heavy atom. The van der Waals surface area contributed by atoms with E-state index in [0.29, 0.717) is 6.61 Å². The predicted octanol–water partition coefficient (Wildman–Crippen LogP) is 4.06. The molecule has 0 spiro atoms. The first-order valence-electron chi connectivity index (χ1n) is 9.12. The maximum atomic E-state index is 10.5. The fourth-order valence-corrected chi connectivity index (χ4v) is 3.88. The van der Waals surface area contributed by atoms with Gasteiger partial charge in [0.15, 0.2) is 0 Å². The van der Waals surface area contributed by atoms with Crippen molar-refractivity contribution in [2.45, 2.75) is 24.7 Å². The smallest absolute Gasteiger partial charge is 0.404 e. The van der Waals surface area contributed by atoms with E-state index < -0.39 is 6.09 Å². The fourth-order valence-electron chi connectivity index (χ4n) is 3.75. The molecule has 2 aliphatic rings. The average molecular weight is 385 g/mol. The van der Waals surface area contributed by atoms with Crippen LogP contribution in [0.5, 0.6) is 5.75 Å². The summed E-state index contributed by atoms with van der Waals surface area (Å²) in [6.45, 7) is 1.35. The molecule has 0 aromatic heterocycles. The van der Waals surface area contributed by atoms with Gasteiger partial charge in [0, 0.05) is 22.5 Å². The lowest BCUT2D eigenvalue weighted by atomic mass is 9.83. The third kappa shape index (κ3) is 3.65. The quantitative estimate of drug-likeness (QED) is 0.737. The molecule has 1 aliphatic heterocycles. The van der Waals surface area contributed by atoms with E-state index in [1.165, 1.54) is 11.1 Å². The highest BCUT2D eigenvalue weighted by molar-refractivity contribution is 6.30. The molecule has 140 valence electrons. The number of carboxylic acid groups (broad SMARTS) is 1. The summed E-state index contributed by atoms with van der Waals surface area (Å²) in [5.41, 5.74) is 4.81. The predicted molar refractivity (Wildman–Crippen MR) is 105 cm³/mol. The highest BCUT2D eigenvalue weighted by atomic mass is 35.5. The molecule has 1 saturated carbocycles. The molecule has 5 nitrogen and oxygen atoms in total. The van der Waals surface area contributed by atoms with Gasteiger partial charge < -0.3 is 15.2 Å². The third-order valence-corrected chi connectivity index (χ3v) is 5.49. The van der Waals surface area contributed by atoms with Gasteiger partial charge in [0.2, 0.25) is 0 Å². The van der Waals surface area contributed by atoms with Crippen LogP contribution in [0.1, 0.15) is 29.5 Å². The molecule has 2 N–H and O–H groups in total. The summed E-state index contributed by atoms with van der Waals surface area (Å²) in [6.07, 6.45) is 2.05. The van der Waals surface area contributed by atoms with Crippen LogP contribution in [-0.2, 0) is 11.8 Å². The van der Waals surface area contributed by atoms with Crippen LogP contribution in [0.4, 0.5) is 4.79 Å². The summed E-state index contributed by atoms with van der Waals surface area (Å²) < 4.78 is 5.73. The second-order valence-corrected chi connectivity index (χ2v) is 7.41. The van der Waals surface area contributed by atoms with Crippen molar-refractivity contribution in [3.8, 4) is 5.75 Å². The van der Waals surface area contributed by atoms with Crippen LogP contribution in [0.3, 0.4) is 0 Å². The number of halogens is 1. The molecule has 1 heterocycles. The number of ether oxygens (including phenoxy) is 1. The van der Waals surface area contributed by atoms with Crippen LogP contribution in [0, 0.1) is 0 Å². The zero-order valence-electron chi connectivity index (χ0n) is 14.9. The molecule has 0 radical (unpaired) electrons. The van der Waals surface area contributed by atoms with Crippen LogP contribution >= 0.6 is 11.6 Å². The molecule has 0 bridgehead atoms. The Morgan fingerprint density at radius 2 is 2.00 bits per heavy atom. The van der Waals surface area contributed by atoms with Gasteiger partial charge >= 0.3 is 6.09 Å². The molecule has 2 aromatic rings. The van der Waals surface area contributed by atoms with E-state index in [1.54, 1.807) is 0 Å². The van der Waals surface area contributed by atoms with E-state index in [0.717, 1.165) is 47.9 Å². The standard InChI is InChI=1S/C21H21ClN2O3/c22-16-4-2-15(3-5-16)21(8-9-21)19-18-13-17(27-12-11-24-20(25)26)6-1-14(18)7-10-23-19/h1-6,13,24H,7-12H2,(H,25,26). The Bertz CT molecular complexity index is 889. The van der Waals surface area contributed by atoms with Gasteiger partial charge in [0.05, 0.1) is 12.3 Å². The topological polar surface area (TPSA) is 70.9 Å². The summed E-state index contributed by atoms with van der Waals surface area (Å²) in [5, 5.41) is 11.7. The Hall–Kier alpha value is -2.53. The van der Waals surface area contributed by atoms with Gasteiger partial charge in [-0.15, -0.1) is 0 Å². The number of fused-ring (bicyclic) bond motifs is 1. The highest BCUT2D eigenvalue weighted by Gasteiger charge is 2.50. The van der Waals surface area contributed by atoms with Crippen LogP contribution in [0.2, 0.25) is 5.02 Å². The van der Waals surface area contributed by atoms with Crippen molar-refractivity contribution in [3.05, 3.63) is 64.2 Å². The minimum absolute atomic E-state index is 0.0246. The number of rotatable bonds is 6. The van der Waals surface area contributed by atoms with Crippen molar-refractivity contribution >= 4 is 23.4 Å². The zero-order chi connectivity index (χ0) is 18.9.